The Hall–Kier alpha value is -1.75. The first-order valence-electron chi connectivity index (χ1n) is 7.42. The molecule has 21 heavy (non-hydrogen) atoms. The van der Waals surface area contributed by atoms with Crippen LogP contribution in [0.25, 0.3) is 11.4 Å². The van der Waals surface area contributed by atoms with Gasteiger partial charge in [-0.3, -0.25) is 0 Å². The van der Waals surface area contributed by atoms with Gasteiger partial charge in [-0.15, -0.1) is 0 Å². The molecule has 0 aliphatic rings. The van der Waals surface area contributed by atoms with Crippen molar-refractivity contribution in [3.8, 4) is 11.4 Å². The number of halogens is 1. The van der Waals surface area contributed by atoms with Gasteiger partial charge >= 0.3 is 0 Å². The number of rotatable bonds is 7. The third-order valence-electron chi connectivity index (χ3n) is 3.43. The van der Waals surface area contributed by atoms with Crippen LogP contribution in [-0.4, -0.2) is 22.7 Å². The Kier molecular flexibility index (Phi) is 5.44. The Balaban J connectivity index is 2.06. The summed E-state index contributed by atoms with van der Waals surface area (Å²) < 4.78 is 18.2. The second-order valence-corrected chi connectivity index (χ2v) is 5.53. The fraction of sp³-hybridized carbons (Fsp3) is 0.500. The zero-order chi connectivity index (χ0) is 15.2. The average molecular weight is 291 g/mol. The summed E-state index contributed by atoms with van der Waals surface area (Å²) in [4.78, 5) is 4.40. The van der Waals surface area contributed by atoms with Crippen LogP contribution in [-0.2, 0) is 6.42 Å². The van der Waals surface area contributed by atoms with Gasteiger partial charge in [-0.25, -0.2) is 4.39 Å². The van der Waals surface area contributed by atoms with Crippen LogP contribution in [0.1, 0.15) is 33.1 Å². The van der Waals surface area contributed by atoms with Gasteiger partial charge in [0, 0.05) is 18.0 Å². The number of hydrogen-bond donors (Lipinski definition) is 1. The van der Waals surface area contributed by atoms with Crippen LogP contribution >= 0.6 is 0 Å². The van der Waals surface area contributed by atoms with Crippen LogP contribution in [0.4, 0.5) is 4.39 Å². The molecule has 0 saturated heterocycles. The Morgan fingerprint density at radius 3 is 2.57 bits per heavy atom. The van der Waals surface area contributed by atoms with E-state index in [1.165, 1.54) is 12.1 Å². The number of benzene rings is 1. The summed E-state index contributed by atoms with van der Waals surface area (Å²) in [6, 6.07) is 6.40. The maximum absolute atomic E-state index is 12.9. The van der Waals surface area contributed by atoms with E-state index in [1.807, 2.05) is 0 Å². The number of aromatic nitrogens is 2. The first kappa shape index (κ1) is 15.6. The Bertz CT molecular complexity index is 551. The van der Waals surface area contributed by atoms with E-state index in [0.29, 0.717) is 30.1 Å². The van der Waals surface area contributed by atoms with Crippen molar-refractivity contribution in [2.45, 2.75) is 39.7 Å². The average Bonchev–Trinajstić information content (AvgIpc) is 2.92. The molecular weight excluding hydrogens is 269 g/mol. The maximum atomic E-state index is 12.9. The molecule has 1 unspecified atom stereocenters. The van der Waals surface area contributed by atoms with Crippen LogP contribution in [0.5, 0.6) is 0 Å². The summed E-state index contributed by atoms with van der Waals surface area (Å²) in [6.45, 7) is 7.46. The highest BCUT2D eigenvalue weighted by atomic mass is 19.1. The minimum atomic E-state index is -0.272. The summed E-state index contributed by atoms with van der Waals surface area (Å²) in [7, 11) is 0. The second kappa shape index (κ2) is 7.31. The fourth-order valence-electron chi connectivity index (χ4n) is 2.12. The lowest BCUT2D eigenvalue weighted by atomic mass is 10.0. The third-order valence-corrected chi connectivity index (χ3v) is 3.43. The SMILES string of the molecule is CCCNC(Cc1nc(-c2ccc(F)cc2)no1)C(C)C. The highest BCUT2D eigenvalue weighted by molar-refractivity contribution is 5.53. The molecule has 1 aromatic carbocycles. The second-order valence-electron chi connectivity index (χ2n) is 5.53. The number of hydrogen-bond acceptors (Lipinski definition) is 4. The summed E-state index contributed by atoms with van der Waals surface area (Å²) in [5.74, 6) is 1.32. The van der Waals surface area contributed by atoms with Gasteiger partial charge in [0.15, 0.2) is 0 Å². The van der Waals surface area contributed by atoms with Gasteiger partial charge in [0.2, 0.25) is 11.7 Å². The van der Waals surface area contributed by atoms with Crippen molar-refractivity contribution in [1.82, 2.24) is 15.5 Å². The lowest BCUT2D eigenvalue weighted by molar-refractivity contribution is 0.326. The normalized spacial score (nSPS) is 12.8. The van der Waals surface area contributed by atoms with Gasteiger partial charge in [-0.2, -0.15) is 4.98 Å². The lowest BCUT2D eigenvalue weighted by Crippen LogP contribution is -2.36. The number of nitrogens with zero attached hydrogens (tertiary/aromatic N) is 2. The van der Waals surface area contributed by atoms with E-state index in [4.69, 9.17) is 4.52 Å². The van der Waals surface area contributed by atoms with Gasteiger partial charge < -0.3 is 9.84 Å². The molecule has 0 bridgehead atoms. The topological polar surface area (TPSA) is 51.0 Å². The van der Waals surface area contributed by atoms with E-state index in [-0.39, 0.29) is 5.82 Å². The molecule has 0 saturated carbocycles. The lowest BCUT2D eigenvalue weighted by Gasteiger charge is -2.20. The van der Waals surface area contributed by atoms with E-state index in [0.717, 1.165) is 18.5 Å². The van der Waals surface area contributed by atoms with Gasteiger partial charge in [-0.1, -0.05) is 25.9 Å². The Labute approximate surface area is 124 Å². The van der Waals surface area contributed by atoms with Crippen molar-refractivity contribution in [3.05, 3.63) is 36.0 Å². The van der Waals surface area contributed by atoms with E-state index < -0.39 is 0 Å². The van der Waals surface area contributed by atoms with Crippen LogP contribution in [0.2, 0.25) is 0 Å². The summed E-state index contributed by atoms with van der Waals surface area (Å²) in [5, 5.41) is 7.47. The molecule has 1 heterocycles. The monoisotopic (exact) mass is 291 g/mol. The molecule has 0 amide bonds. The fourth-order valence-corrected chi connectivity index (χ4v) is 2.12. The van der Waals surface area contributed by atoms with Crippen LogP contribution < -0.4 is 5.32 Å². The van der Waals surface area contributed by atoms with Crippen molar-refractivity contribution in [2.75, 3.05) is 6.54 Å². The van der Waals surface area contributed by atoms with Crippen LogP contribution in [0.3, 0.4) is 0 Å². The highest BCUT2D eigenvalue weighted by Crippen LogP contribution is 2.17. The van der Waals surface area contributed by atoms with E-state index >= 15 is 0 Å². The van der Waals surface area contributed by atoms with Gasteiger partial charge in [0.05, 0.1) is 0 Å². The molecule has 0 spiro atoms. The van der Waals surface area contributed by atoms with Crippen molar-refractivity contribution in [3.63, 3.8) is 0 Å². The standard InChI is InChI=1S/C16H22FN3O/c1-4-9-18-14(11(2)3)10-15-19-16(20-21-15)12-5-7-13(17)8-6-12/h5-8,11,14,18H,4,9-10H2,1-3H3. The molecule has 1 N–H and O–H groups in total. The van der Waals surface area contributed by atoms with Crippen molar-refractivity contribution in [2.24, 2.45) is 5.92 Å². The molecule has 0 aliphatic carbocycles. The van der Waals surface area contributed by atoms with Crippen molar-refractivity contribution < 1.29 is 8.91 Å². The molecule has 0 radical (unpaired) electrons. The molecule has 1 atom stereocenters. The minimum absolute atomic E-state index is 0.272. The van der Waals surface area contributed by atoms with Crippen molar-refractivity contribution >= 4 is 0 Å². The molecular formula is C16H22FN3O. The molecule has 2 rings (SSSR count). The van der Waals surface area contributed by atoms with E-state index in [1.54, 1.807) is 12.1 Å². The molecule has 0 aliphatic heterocycles. The first-order chi connectivity index (χ1) is 10.1. The summed E-state index contributed by atoms with van der Waals surface area (Å²) in [5.41, 5.74) is 0.758. The zero-order valence-electron chi connectivity index (χ0n) is 12.8. The molecule has 5 heteroatoms. The van der Waals surface area contributed by atoms with Crippen LogP contribution in [0.15, 0.2) is 28.8 Å². The molecule has 4 nitrogen and oxygen atoms in total. The predicted molar refractivity (Wildman–Crippen MR) is 80.3 cm³/mol. The molecule has 114 valence electrons. The van der Waals surface area contributed by atoms with Gasteiger partial charge in [0.1, 0.15) is 5.82 Å². The first-order valence-corrected chi connectivity index (χ1v) is 7.42. The molecule has 1 aromatic heterocycles. The summed E-state index contributed by atoms with van der Waals surface area (Å²) >= 11 is 0. The number of nitrogens with one attached hydrogen (secondary N) is 1. The zero-order valence-corrected chi connectivity index (χ0v) is 12.8. The minimum Gasteiger partial charge on any atom is -0.339 e. The largest absolute Gasteiger partial charge is 0.339 e. The Morgan fingerprint density at radius 2 is 1.95 bits per heavy atom. The smallest absolute Gasteiger partial charge is 0.228 e. The molecule has 2 aromatic rings. The highest BCUT2D eigenvalue weighted by Gasteiger charge is 2.17. The maximum Gasteiger partial charge on any atom is 0.228 e. The predicted octanol–water partition coefficient (Wildman–Crippen LogP) is 3.44. The van der Waals surface area contributed by atoms with E-state index in [2.05, 4.69) is 36.2 Å². The summed E-state index contributed by atoms with van der Waals surface area (Å²) in [6.07, 6.45) is 1.79. The third kappa shape index (κ3) is 4.36. The van der Waals surface area contributed by atoms with Gasteiger partial charge in [0.25, 0.3) is 0 Å². The van der Waals surface area contributed by atoms with Crippen molar-refractivity contribution in [1.29, 1.82) is 0 Å². The Morgan fingerprint density at radius 1 is 1.24 bits per heavy atom. The van der Waals surface area contributed by atoms with E-state index in [9.17, 15) is 4.39 Å². The van der Waals surface area contributed by atoms with Crippen LogP contribution in [0, 0.1) is 11.7 Å². The van der Waals surface area contributed by atoms with Gasteiger partial charge in [-0.05, 0) is 43.1 Å². The molecule has 0 fully saturated rings. The quantitative estimate of drug-likeness (QED) is 0.849.